The smallest absolute Gasteiger partial charge is 0.272 e. The number of carbonyl (C=O) groups is 1. The molecule has 2 aliphatic rings. The average Bonchev–Trinajstić information content (AvgIpc) is 3.63. The van der Waals surface area contributed by atoms with Gasteiger partial charge in [-0.25, -0.2) is 22.1 Å². The van der Waals surface area contributed by atoms with Gasteiger partial charge in [0.1, 0.15) is 15.6 Å². The van der Waals surface area contributed by atoms with Crippen molar-refractivity contribution in [2.45, 2.75) is 49.6 Å². The number of hydrogen-bond acceptors (Lipinski definition) is 3. The number of fused-ring (bicyclic) bond motifs is 1. The standard InChI is InChI=1S/C28H30F2N4O2S/c1-18(8-9-19-6-4-3-5-7-19)25-15-13-22-26(37(36,33-25)32-20-10-11-20)17-34(2)27(22)28(35)31-21-12-14-23(29)24(30)16-21/h3-7,12-18,20,25H,8-11H2,1-2H3,(H,31,35)(H,32,33,36)/t18-,25-,37?/m1/s1. The van der Waals surface area contributed by atoms with Crippen LogP contribution in [0.25, 0.3) is 6.08 Å². The summed E-state index contributed by atoms with van der Waals surface area (Å²) in [5.74, 6) is -2.40. The number of amides is 1. The predicted molar refractivity (Wildman–Crippen MR) is 141 cm³/mol. The SMILES string of the molecule is C[C@H](CCc1ccccc1)[C@H]1C=Cc2c(cn(C)c2C(=O)Nc2ccc(F)c(F)c2)S(=O)(=NC2CC2)N1. The Labute approximate surface area is 216 Å². The molecule has 0 saturated heterocycles. The highest BCUT2D eigenvalue weighted by atomic mass is 32.2. The van der Waals surface area contributed by atoms with Gasteiger partial charge in [0.05, 0.1) is 10.9 Å². The van der Waals surface area contributed by atoms with E-state index in [9.17, 15) is 17.8 Å². The number of benzene rings is 2. The Balaban J connectivity index is 1.46. The first-order valence-electron chi connectivity index (χ1n) is 12.4. The predicted octanol–water partition coefficient (Wildman–Crippen LogP) is 5.71. The van der Waals surface area contributed by atoms with E-state index in [2.05, 4.69) is 29.1 Å². The van der Waals surface area contributed by atoms with Gasteiger partial charge in [-0.15, -0.1) is 0 Å². The quantitative estimate of drug-likeness (QED) is 0.415. The van der Waals surface area contributed by atoms with Crippen molar-refractivity contribution in [3.8, 4) is 0 Å². The fourth-order valence-corrected chi connectivity index (χ4v) is 6.91. The molecule has 37 heavy (non-hydrogen) atoms. The molecular weight excluding hydrogens is 494 g/mol. The first-order chi connectivity index (χ1) is 17.7. The highest BCUT2D eigenvalue weighted by Gasteiger charge is 2.33. The summed E-state index contributed by atoms with van der Waals surface area (Å²) in [5.41, 5.74) is 2.16. The minimum atomic E-state index is -3.02. The highest BCUT2D eigenvalue weighted by Crippen LogP contribution is 2.34. The van der Waals surface area contributed by atoms with Crippen molar-refractivity contribution in [1.29, 1.82) is 0 Å². The molecule has 3 aromatic rings. The molecule has 0 radical (unpaired) electrons. The molecule has 1 aromatic heterocycles. The molecule has 1 amide bonds. The number of nitrogens with zero attached hydrogens (tertiary/aromatic N) is 2. The van der Waals surface area contributed by atoms with Gasteiger partial charge in [-0.1, -0.05) is 49.4 Å². The second-order valence-electron chi connectivity index (χ2n) is 9.82. The molecule has 1 unspecified atom stereocenters. The summed E-state index contributed by atoms with van der Waals surface area (Å²) in [6.07, 6.45) is 9.03. The van der Waals surface area contributed by atoms with Crippen LogP contribution in [0.3, 0.4) is 0 Å². The minimum absolute atomic E-state index is 0.0332. The van der Waals surface area contributed by atoms with Gasteiger partial charge in [0.25, 0.3) is 5.91 Å². The maximum atomic E-state index is 14.4. The van der Waals surface area contributed by atoms with Crippen LogP contribution in [0.2, 0.25) is 0 Å². The lowest BCUT2D eigenvalue weighted by atomic mass is 9.94. The molecule has 0 bridgehead atoms. The zero-order valence-electron chi connectivity index (χ0n) is 20.8. The molecule has 5 rings (SSSR count). The maximum absolute atomic E-state index is 14.4. The fraction of sp³-hybridized carbons (Fsp3) is 0.321. The van der Waals surface area contributed by atoms with Gasteiger partial charge >= 0.3 is 0 Å². The van der Waals surface area contributed by atoms with Crippen LogP contribution in [-0.2, 0) is 23.4 Å². The van der Waals surface area contributed by atoms with Crippen LogP contribution < -0.4 is 10.0 Å². The van der Waals surface area contributed by atoms with Crippen LogP contribution in [0.4, 0.5) is 14.5 Å². The van der Waals surface area contributed by atoms with Crippen LogP contribution >= 0.6 is 0 Å². The molecular formula is C28H30F2N4O2S. The van der Waals surface area contributed by atoms with Crippen LogP contribution in [0.15, 0.2) is 70.1 Å². The molecule has 1 aliphatic heterocycles. The first-order valence-corrected chi connectivity index (χ1v) is 14.0. The Morgan fingerprint density at radius 1 is 1.19 bits per heavy atom. The lowest BCUT2D eigenvalue weighted by Crippen LogP contribution is -2.37. The van der Waals surface area contributed by atoms with E-state index >= 15 is 0 Å². The summed E-state index contributed by atoms with van der Waals surface area (Å²) < 4.78 is 51.0. The van der Waals surface area contributed by atoms with Crippen molar-refractivity contribution < 1.29 is 17.8 Å². The van der Waals surface area contributed by atoms with Gasteiger partial charge in [-0.05, 0) is 49.3 Å². The zero-order chi connectivity index (χ0) is 26.2. The van der Waals surface area contributed by atoms with E-state index in [1.54, 1.807) is 17.8 Å². The summed E-state index contributed by atoms with van der Waals surface area (Å²) in [7, 11) is -1.32. The number of rotatable bonds is 7. The van der Waals surface area contributed by atoms with Gasteiger partial charge in [0.2, 0.25) is 0 Å². The van der Waals surface area contributed by atoms with Crippen LogP contribution in [0, 0.1) is 17.6 Å². The highest BCUT2D eigenvalue weighted by molar-refractivity contribution is 7.91. The van der Waals surface area contributed by atoms with Crippen LogP contribution in [-0.4, -0.2) is 26.8 Å². The average molecular weight is 525 g/mol. The van der Waals surface area contributed by atoms with Gasteiger partial charge in [-0.3, -0.25) is 4.79 Å². The van der Waals surface area contributed by atoms with Crippen molar-refractivity contribution in [2.75, 3.05) is 5.32 Å². The molecule has 9 heteroatoms. The molecule has 194 valence electrons. The van der Waals surface area contributed by atoms with E-state index in [4.69, 9.17) is 4.36 Å². The van der Waals surface area contributed by atoms with E-state index in [1.165, 1.54) is 11.6 Å². The van der Waals surface area contributed by atoms with Gasteiger partial charge in [0, 0.05) is 36.6 Å². The maximum Gasteiger partial charge on any atom is 0.272 e. The molecule has 3 atom stereocenters. The van der Waals surface area contributed by atoms with Crippen LogP contribution in [0.5, 0.6) is 0 Å². The summed E-state index contributed by atoms with van der Waals surface area (Å²) >= 11 is 0. The number of aryl methyl sites for hydroxylation is 2. The van der Waals surface area contributed by atoms with Crippen molar-refractivity contribution in [2.24, 2.45) is 17.3 Å². The molecule has 2 N–H and O–H groups in total. The second kappa shape index (κ2) is 10.2. The molecule has 0 spiro atoms. The number of carbonyl (C=O) groups excluding carboxylic acids is 1. The summed E-state index contributed by atoms with van der Waals surface area (Å²) in [5, 5.41) is 2.63. The normalized spacial score (nSPS) is 21.7. The first kappa shape index (κ1) is 25.4. The number of aromatic nitrogens is 1. The van der Waals surface area contributed by atoms with E-state index < -0.39 is 27.5 Å². The number of halogens is 2. The third-order valence-corrected chi connectivity index (χ3v) is 8.94. The third-order valence-electron chi connectivity index (χ3n) is 6.83. The molecule has 1 fully saturated rings. The topological polar surface area (TPSA) is 75.5 Å². The zero-order valence-corrected chi connectivity index (χ0v) is 21.6. The van der Waals surface area contributed by atoms with Crippen molar-refractivity contribution in [1.82, 2.24) is 9.29 Å². The summed E-state index contributed by atoms with van der Waals surface area (Å²) in [6.45, 7) is 2.12. The van der Waals surface area contributed by atoms with Crippen LogP contribution in [0.1, 0.15) is 47.8 Å². The Morgan fingerprint density at radius 3 is 2.65 bits per heavy atom. The summed E-state index contributed by atoms with van der Waals surface area (Å²) in [6, 6.07) is 13.3. The van der Waals surface area contributed by atoms with Crippen molar-refractivity contribution in [3.05, 3.63) is 89.3 Å². The second-order valence-corrected chi connectivity index (χ2v) is 11.8. The van der Waals surface area contributed by atoms with Gasteiger partial charge < -0.3 is 9.88 Å². The molecule has 2 heterocycles. The number of anilines is 1. The Kier molecular flexibility index (Phi) is 7.00. The van der Waals surface area contributed by atoms with Gasteiger partial charge in [0.15, 0.2) is 11.6 Å². The van der Waals surface area contributed by atoms with E-state index in [0.717, 1.165) is 37.8 Å². The van der Waals surface area contributed by atoms with Gasteiger partial charge in [-0.2, -0.15) is 0 Å². The molecule has 1 aliphatic carbocycles. The minimum Gasteiger partial charge on any atom is -0.345 e. The third kappa shape index (κ3) is 5.52. The van der Waals surface area contributed by atoms with Crippen molar-refractivity contribution >= 4 is 27.6 Å². The number of nitrogens with one attached hydrogen (secondary N) is 2. The Bertz CT molecular complexity index is 1470. The molecule has 1 saturated carbocycles. The number of hydrogen-bond donors (Lipinski definition) is 2. The van der Waals surface area contributed by atoms with Crippen molar-refractivity contribution in [3.63, 3.8) is 0 Å². The summed E-state index contributed by atoms with van der Waals surface area (Å²) in [4.78, 5) is 13.7. The van der Waals surface area contributed by atoms with E-state index in [1.807, 2.05) is 30.4 Å². The fourth-order valence-electron chi connectivity index (χ4n) is 4.53. The lowest BCUT2D eigenvalue weighted by molar-refractivity contribution is 0.101. The Hall–Kier alpha value is -3.30. The monoisotopic (exact) mass is 524 g/mol. The van der Waals surface area contributed by atoms with E-state index in [0.29, 0.717) is 10.5 Å². The largest absolute Gasteiger partial charge is 0.345 e. The Morgan fingerprint density at radius 2 is 1.95 bits per heavy atom. The lowest BCUT2D eigenvalue weighted by Gasteiger charge is -2.23. The molecule has 2 aromatic carbocycles. The van der Waals surface area contributed by atoms with E-state index in [-0.39, 0.29) is 29.4 Å². The molecule has 6 nitrogen and oxygen atoms in total.